The average Bonchev–Trinajstić information content (AvgIpc) is 3.24. The lowest BCUT2D eigenvalue weighted by Crippen LogP contribution is -2.43. The molecule has 3 heteroatoms. The van der Waals surface area contributed by atoms with Crippen molar-refractivity contribution in [3.8, 4) is 5.75 Å². The molecule has 0 amide bonds. The summed E-state index contributed by atoms with van der Waals surface area (Å²) in [6.07, 6.45) is 28.3. The minimum Gasteiger partial charge on any atom is -0.427 e. The number of aliphatic hydroxyl groups is 1. The van der Waals surface area contributed by atoms with E-state index < -0.39 is 0 Å². The summed E-state index contributed by atoms with van der Waals surface area (Å²) in [6.45, 7) is 4.61. The summed E-state index contributed by atoms with van der Waals surface area (Å²) in [4.78, 5) is 12.5. The predicted octanol–water partition coefficient (Wildman–Crippen LogP) is 9.85. The van der Waals surface area contributed by atoms with E-state index in [-0.39, 0.29) is 17.5 Å². The maximum Gasteiger partial charge on any atom is 0.311 e. The monoisotopic (exact) mass is 536 g/mol. The number of rotatable bonds is 16. The summed E-state index contributed by atoms with van der Waals surface area (Å²) in [5, 5.41) is 10.6. The van der Waals surface area contributed by atoms with E-state index in [0.717, 1.165) is 37.9 Å². The molecule has 1 aromatic carbocycles. The number of aryl methyl sites for hydroxylation is 1. The molecule has 2 saturated carbocycles. The Morgan fingerprint density at radius 2 is 1.62 bits per heavy atom. The first-order valence-corrected chi connectivity index (χ1v) is 16.7. The van der Waals surface area contributed by atoms with Gasteiger partial charge in [-0.1, -0.05) is 83.4 Å². The highest BCUT2D eigenvalue weighted by molar-refractivity contribution is 5.72. The number of carbonyl (C=O) groups is 1. The molecular formula is C36H56O3. The Hall–Kier alpha value is -1.61. The van der Waals surface area contributed by atoms with Crippen LogP contribution in [0.3, 0.4) is 0 Å². The van der Waals surface area contributed by atoms with Gasteiger partial charge in [0.05, 0.1) is 6.10 Å². The minimum atomic E-state index is -0.117. The molecule has 3 aliphatic rings. The standard InChI is InChI=1S/C36H56O3/c1-3-4-5-6-7-8-9-10-11-12-13-14-15-16-17-18-35(38)39-29-20-22-30-28(27-29)19-21-32-31(30)25-26-36(2)33(32)23-24-34(36)37/h10-11,20,22,27,31-34,37H,3-9,12-19,21,23-26H2,1-2H3/t31-,32-,33+,34+,36+/m1/s1. The Bertz CT molecular complexity index is 920. The van der Waals surface area contributed by atoms with Gasteiger partial charge < -0.3 is 9.84 Å². The van der Waals surface area contributed by atoms with Crippen LogP contribution in [0.25, 0.3) is 0 Å². The van der Waals surface area contributed by atoms with E-state index in [2.05, 4.69) is 38.1 Å². The highest BCUT2D eigenvalue weighted by Crippen LogP contribution is 2.60. The van der Waals surface area contributed by atoms with Gasteiger partial charge in [-0.25, -0.2) is 0 Å². The van der Waals surface area contributed by atoms with E-state index in [9.17, 15) is 9.90 Å². The van der Waals surface area contributed by atoms with Gasteiger partial charge in [-0.05, 0) is 117 Å². The largest absolute Gasteiger partial charge is 0.427 e. The molecular weight excluding hydrogens is 480 g/mol. The third-order valence-corrected chi connectivity index (χ3v) is 10.5. The Labute approximate surface area is 239 Å². The molecule has 3 aliphatic carbocycles. The van der Waals surface area contributed by atoms with Crippen LogP contribution in [0.5, 0.6) is 5.75 Å². The smallest absolute Gasteiger partial charge is 0.311 e. The molecule has 0 radical (unpaired) electrons. The van der Waals surface area contributed by atoms with Crippen LogP contribution in [-0.4, -0.2) is 17.2 Å². The topological polar surface area (TPSA) is 46.5 Å². The second kappa shape index (κ2) is 15.4. The summed E-state index contributed by atoms with van der Waals surface area (Å²) >= 11 is 0. The number of aliphatic hydroxyl groups excluding tert-OH is 1. The van der Waals surface area contributed by atoms with Crippen LogP contribution in [0.15, 0.2) is 30.4 Å². The third-order valence-electron chi connectivity index (χ3n) is 10.5. The summed E-state index contributed by atoms with van der Waals surface area (Å²) in [6, 6.07) is 6.40. The number of ether oxygens (including phenoxy) is 1. The molecule has 0 heterocycles. The Morgan fingerprint density at radius 3 is 2.36 bits per heavy atom. The lowest BCUT2D eigenvalue weighted by atomic mass is 9.55. The quantitative estimate of drug-likeness (QED) is 0.0989. The number of benzene rings is 1. The summed E-state index contributed by atoms with van der Waals surface area (Å²) in [5.74, 6) is 2.60. The Balaban J connectivity index is 1.08. The van der Waals surface area contributed by atoms with Gasteiger partial charge in [0.15, 0.2) is 0 Å². The number of unbranched alkanes of at least 4 members (excludes halogenated alkanes) is 11. The van der Waals surface area contributed by atoms with Crippen LogP contribution >= 0.6 is 0 Å². The average molecular weight is 537 g/mol. The molecule has 0 aliphatic heterocycles. The normalized spacial score (nSPS) is 27.8. The van der Waals surface area contributed by atoms with Crippen LogP contribution in [-0.2, 0) is 11.2 Å². The van der Waals surface area contributed by atoms with E-state index in [0.29, 0.717) is 24.2 Å². The second-order valence-electron chi connectivity index (χ2n) is 13.2. The zero-order chi connectivity index (χ0) is 27.5. The SMILES string of the molecule is CCCCCCCCC=CCCCCCCCC(=O)Oc1ccc2c(c1)CC[C@@H]1[C@@H]2CC[C@]2(C)[C@@H](O)CC[C@@H]12. The molecule has 1 N–H and O–H groups in total. The van der Waals surface area contributed by atoms with Gasteiger partial charge in [0.1, 0.15) is 5.75 Å². The lowest BCUT2D eigenvalue weighted by Gasteiger charge is -2.50. The van der Waals surface area contributed by atoms with Crippen LogP contribution in [0.4, 0.5) is 0 Å². The summed E-state index contributed by atoms with van der Waals surface area (Å²) in [7, 11) is 0. The van der Waals surface area contributed by atoms with Crippen molar-refractivity contribution in [1.82, 2.24) is 0 Å². The molecule has 39 heavy (non-hydrogen) atoms. The minimum absolute atomic E-state index is 0.0883. The number of allylic oxidation sites excluding steroid dienone is 2. The van der Waals surface area contributed by atoms with E-state index in [1.165, 1.54) is 101 Å². The van der Waals surface area contributed by atoms with Gasteiger partial charge in [0.2, 0.25) is 0 Å². The summed E-state index contributed by atoms with van der Waals surface area (Å²) < 4.78 is 5.75. The molecule has 0 bridgehead atoms. The first-order valence-electron chi connectivity index (χ1n) is 16.7. The second-order valence-corrected chi connectivity index (χ2v) is 13.2. The molecule has 5 atom stereocenters. The van der Waals surface area contributed by atoms with E-state index in [4.69, 9.17) is 4.74 Å². The number of hydrogen-bond donors (Lipinski definition) is 1. The van der Waals surface area contributed by atoms with E-state index in [1.54, 1.807) is 0 Å². The zero-order valence-corrected chi connectivity index (χ0v) is 25.1. The van der Waals surface area contributed by atoms with Crippen molar-refractivity contribution in [2.75, 3.05) is 0 Å². The van der Waals surface area contributed by atoms with Gasteiger partial charge in [-0.15, -0.1) is 0 Å². The van der Waals surface area contributed by atoms with Crippen molar-refractivity contribution < 1.29 is 14.6 Å². The van der Waals surface area contributed by atoms with E-state index >= 15 is 0 Å². The van der Waals surface area contributed by atoms with Crippen molar-refractivity contribution in [3.05, 3.63) is 41.5 Å². The van der Waals surface area contributed by atoms with Gasteiger partial charge in [0, 0.05) is 6.42 Å². The third kappa shape index (κ3) is 8.21. The Kier molecular flexibility index (Phi) is 12.0. The maximum absolute atomic E-state index is 12.5. The van der Waals surface area contributed by atoms with Crippen LogP contribution < -0.4 is 4.74 Å². The fourth-order valence-corrected chi connectivity index (χ4v) is 8.12. The summed E-state index contributed by atoms with van der Waals surface area (Å²) in [5.41, 5.74) is 2.98. The molecule has 3 nitrogen and oxygen atoms in total. The van der Waals surface area contributed by atoms with Gasteiger partial charge >= 0.3 is 5.97 Å². The van der Waals surface area contributed by atoms with Crippen molar-refractivity contribution in [3.63, 3.8) is 0 Å². The van der Waals surface area contributed by atoms with E-state index in [1.807, 2.05) is 6.07 Å². The molecule has 0 aromatic heterocycles. The van der Waals surface area contributed by atoms with Crippen molar-refractivity contribution in [1.29, 1.82) is 0 Å². The molecule has 218 valence electrons. The highest BCUT2D eigenvalue weighted by Gasteiger charge is 2.54. The Morgan fingerprint density at radius 1 is 0.923 bits per heavy atom. The van der Waals surface area contributed by atoms with Crippen molar-refractivity contribution in [2.24, 2.45) is 17.3 Å². The van der Waals surface area contributed by atoms with Crippen LogP contribution in [0.1, 0.15) is 153 Å². The fraction of sp³-hybridized carbons (Fsp3) is 0.750. The number of esters is 1. The van der Waals surface area contributed by atoms with Gasteiger partial charge in [0.25, 0.3) is 0 Å². The maximum atomic E-state index is 12.5. The van der Waals surface area contributed by atoms with Gasteiger partial charge in [-0.3, -0.25) is 4.79 Å². The van der Waals surface area contributed by atoms with Crippen LogP contribution in [0.2, 0.25) is 0 Å². The van der Waals surface area contributed by atoms with Gasteiger partial charge in [-0.2, -0.15) is 0 Å². The molecule has 0 saturated heterocycles. The predicted molar refractivity (Wildman–Crippen MR) is 162 cm³/mol. The first kappa shape index (κ1) is 30.4. The van der Waals surface area contributed by atoms with Crippen LogP contribution in [0, 0.1) is 17.3 Å². The fourth-order valence-electron chi connectivity index (χ4n) is 8.12. The number of carbonyl (C=O) groups excluding carboxylic acids is 1. The number of hydrogen-bond acceptors (Lipinski definition) is 3. The molecule has 0 unspecified atom stereocenters. The lowest BCUT2D eigenvalue weighted by molar-refractivity contribution is -0.134. The molecule has 4 rings (SSSR count). The highest BCUT2D eigenvalue weighted by atomic mass is 16.5. The molecule has 2 fully saturated rings. The van der Waals surface area contributed by atoms with Crippen molar-refractivity contribution >= 4 is 5.97 Å². The zero-order valence-electron chi connectivity index (χ0n) is 25.1. The number of fused-ring (bicyclic) bond motifs is 5. The molecule has 0 spiro atoms. The molecule has 1 aromatic rings. The van der Waals surface area contributed by atoms with Crippen molar-refractivity contribution in [2.45, 2.75) is 154 Å². The first-order chi connectivity index (χ1) is 19.0.